The Morgan fingerprint density at radius 1 is 1.54 bits per heavy atom. The first-order valence-electron chi connectivity index (χ1n) is 3.69. The minimum absolute atomic E-state index is 0.0252. The number of aromatic nitrogens is 1. The van der Waals surface area contributed by atoms with Crippen molar-refractivity contribution in [2.24, 2.45) is 0 Å². The van der Waals surface area contributed by atoms with Gasteiger partial charge in [0.05, 0.1) is 4.47 Å². The van der Waals surface area contributed by atoms with Crippen molar-refractivity contribution >= 4 is 43.6 Å². The zero-order valence-electron chi connectivity index (χ0n) is 7.09. The Hall–Kier alpha value is 0.260. The summed E-state index contributed by atoms with van der Waals surface area (Å²) in [7, 11) is 0. The highest BCUT2D eigenvalue weighted by atomic mass is 79.9. The molecule has 0 bridgehead atoms. The number of thioether (sulfide) groups is 1. The van der Waals surface area contributed by atoms with Gasteiger partial charge >= 0.3 is 0 Å². The first kappa shape index (κ1) is 11.3. The van der Waals surface area contributed by atoms with Gasteiger partial charge in [-0.2, -0.15) is 11.8 Å². The number of rotatable bonds is 3. The van der Waals surface area contributed by atoms with Crippen molar-refractivity contribution in [1.82, 2.24) is 4.57 Å². The van der Waals surface area contributed by atoms with Crippen LogP contribution in [-0.2, 0) is 6.54 Å². The molecule has 2 nitrogen and oxygen atoms in total. The van der Waals surface area contributed by atoms with Crippen molar-refractivity contribution in [3.05, 3.63) is 31.6 Å². The summed E-state index contributed by atoms with van der Waals surface area (Å²) in [5.74, 6) is 0.947. The fourth-order valence-electron chi connectivity index (χ4n) is 0.920. The largest absolute Gasteiger partial charge is 0.313 e. The maximum atomic E-state index is 11.5. The zero-order valence-corrected chi connectivity index (χ0v) is 11.1. The van der Waals surface area contributed by atoms with Crippen molar-refractivity contribution in [3.63, 3.8) is 0 Å². The van der Waals surface area contributed by atoms with E-state index in [1.165, 1.54) is 0 Å². The molecule has 1 heterocycles. The third-order valence-corrected chi connectivity index (χ3v) is 3.14. The van der Waals surface area contributed by atoms with Crippen LogP contribution < -0.4 is 5.56 Å². The van der Waals surface area contributed by atoms with Gasteiger partial charge in [-0.25, -0.2) is 0 Å². The van der Waals surface area contributed by atoms with Crippen molar-refractivity contribution in [2.75, 3.05) is 12.0 Å². The average Bonchev–Trinajstić information content (AvgIpc) is 2.09. The van der Waals surface area contributed by atoms with Gasteiger partial charge in [0.25, 0.3) is 5.56 Å². The predicted octanol–water partition coefficient (Wildman–Crippen LogP) is 2.74. The number of hydrogen-bond donors (Lipinski definition) is 0. The molecule has 0 aromatic carbocycles. The van der Waals surface area contributed by atoms with Crippen LogP contribution in [0.3, 0.4) is 0 Å². The zero-order chi connectivity index (χ0) is 9.84. The van der Waals surface area contributed by atoms with Gasteiger partial charge in [0, 0.05) is 23.0 Å². The van der Waals surface area contributed by atoms with E-state index in [1.54, 1.807) is 22.4 Å². The maximum absolute atomic E-state index is 11.5. The van der Waals surface area contributed by atoms with Crippen molar-refractivity contribution in [3.8, 4) is 0 Å². The summed E-state index contributed by atoms with van der Waals surface area (Å²) in [5.41, 5.74) is 0.0252. The Balaban J connectivity index is 2.99. The summed E-state index contributed by atoms with van der Waals surface area (Å²) in [6, 6.07) is 1.76. The Bertz CT molecular complexity index is 350. The van der Waals surface area contributed by atoms with Crippen LogP contribution in [0, 0.1) is 0 Å². The monoisotopic (exact) mass is 325 g/mol. The highest BCUT2D eigenvalue weighted by molar-refractivity contribution is 9.11. The minimum Gasteiger partial charge on any atom is -0.313 e. The lowest BCUT2D eigenvalue weighted by Crippen LogP contribution is -2.21. The summed E-state index contributed by atoms with van der Waals surface area (Å²) in [6.07, 6.45) is 3.83. The summed E-state index contributed by atoms with van der Waals surface area (Å²) in [4.78, 5) is 11.5. The molecule has 72 valence electrons. The lowest BCUT2D eigenvalue weighted by atomic mass is 10.5. The predicted molar refractivity (Wildman–Crippen MR) is 64.5 cm³/mol. The molecule has 0 aliphatic heterocycles. The fraction of sp³-hybridized carbons (Fsp3) is 0.375. The number of nitrogens with zero attached hydrogens (tertiary/aromatic N) is 1. The molecule has 0 amide bonds. The van der Waals surface area contributed by atoms with E-state index in [0.717, 1.165) is 16.8 Å². The second-order valence-electron chi connectivity index (χ2n) is 2.50. The van der Waals surface area contributed by atoms with E-state index in [-0.39, 0.29) is 5.56 Å². The van der Waals surface area contributed by atoms with E-state index in [1.807, 2.05) is 12.5 Å². The molecule has 1 rings (SSSR count). The number of halogens is 2. The Morgan fingerprint density at radius 3 is 2.85 bits per heavy atom. The third kappa shape index (κ3) is 3.14. The van der Waals surface area contributed by atoms with E-state index < -0.39 is 0 Å². The lowest BCUT2D eigenvalue weighted by molar-refractivity contribution is 0.728. The topological polar surface area (TPSA) is 22.0 Å². The second-order valence-corrected chi connectivity index (χ2v) is 5.25. The van der Waals surface area contributed by atoms with Crippen LogP contribution in [0.1, 0.15) is 0 Å². The molecule has 0 radical (unpaired) electrons. The molecule has 5 heteroatoms. The van der Waals surface area contributed by atoms with Gasteiger partial charge in [-0.3, -0.25) is 4.79 Å². The van der Waals surface area contributed by atoms with Gasteiger partial charge in [0.1, 0.15) is 0 Å². The van der Waals surface area contributed by atoms with E-state index >= 15 is 0 Å². The number of aryl methyl sites for hydroxylation is 1. The summed E-state index contributed by atoms with van der Waals surface area (Å²) < 4.78 is 3.22. The average molecular weight is 327 g/mol. The Morgan fingerprint density at radius 2 is 2.23 bits per heavy atom. The van der Waals surface area contributed by atoms with Gasteiger partial charge < -0.3 is 4.57 Å². The second kappa shape index (κ2) is 5.22. The van der Waals surface area contributed by atoms with Gasteiger partial charge in [-0.05, 0) is 44.2 Å². The molecule has 13 heavy (non-hydrogen) atoms. The molecule has 0 aliphatic rings. The fourth-order valence-corrected chi connectivity index (χ4v) is 2.56. The van der Waals surface area contributed by atoms with Gasteiger partial charge in [-0.15, -0.1) is 0 Å². The van der Waals surface area contributed by atoms with Crippen LogP contribution in [0.15, 0.2) is 26.0 Å². The molecule has 1 aromatic heterocycles. The van der Waals surface area contributed by atoms with Crippen LogP contribution in [-0.4, -0.2) is 16.6 Å². The molecule has 0 unspecified atom stereocenters. The molecule has 0 fully saturated rings. The number of pyridine rings is 1. The molecular formula is C8H9Br2NOS. The summed E-state index contributed by atoms with van der Waals surface area (Å²) in [5, 5.41) is 0. The summed E-state index contributed by atoms with van der Waals surface area (Å²) >= 11 is 8.29. The standard InChI is InChI=1S/C8H9Br2NOS/c1-13-3-2-11-5-6(9)4-7(10)8(11)12/h4-5H,2-3H2,1H3. The van der Waals surface area contributed by atoms with Gasteiger partial charge in [0.15, 0.2) is 0 Å². The molecule has 1 aromatic rings. The quantitative estimate of drug-likeness (QED) is 0.852. The Kier molecular flexibility index (Phi) is 4.55. The molecule has 0 saturated carbocycles. The first-order chi connectivity index (χ1) is 6.15. The van der Waals surface area contributed by atoms with Crippen molar-refractivity contribution < 1.29 is 0 Å². The SMILES string of the molecule is CSCCn1cc(Br)cc(Br)c1=O. The van der Waals surface area contributed by atoms with Crippen molar-refractivity contribution in [1.29, 1.82) is 0 Å². The molecule has 0 spiro atoms. The van der Waals surface area contributed by atoms with Crippen LogP contribution in [0.5, 0.6) is 0 Å². The summed E-state index contributed by atoms with van der Waals surface area (Å²) in [6.45, 7) is 0.748. The van der Waals surface area contributed by atoms with Crippen LogP contribution in [0.25, 0.3) is 0 Å². The van der Waals surface area contributed by atoms with Crippen LogP contribution in [0.2, 0.25) is 0 Å². The highest BCUT2D eigenvalue weighted by Gasteiger charge is 2.01. The maximum Gasteiger partial charge on any atom is 0.264 e. The van der Waals surface area contributed by atoms with Crippen LogP contribution >= 0.6 is 43.6 Å². The lowest BCUT2D eigenvalue weighted by Gasteiger charge is -2.05. The molecule has 0 N–H and O–H groups in total. The molecule has 0 aliphatic carbocycles. The highest BCUT2D eigenvalue weighted by Crippen LogP contribution is 2.12. The van der Waals surface area contributed by atoms with E-state index in [2.05, 4.69) is 31.9 Å². The van der Waals surface area contributed by atoms with E-state index in [9.17, 15) is 4.79 Å². The number of hydrogen-bond acceptors (Lipinski definition) is 2. The molecule has 0 atom stereocenters. The van der Waals surface area contributed by atoms with Crippen LogP contribution in [0.4, 0.5) is 0 Å². The molecular weight excluding hydrogens is 318 g/mol. The molecule has 0 saturated heterocycles. The third-order valence-electron chi connectivity index (χ3n) is 1.55. The van der Waals surface area contributed by atoms with E-state index in [0.29, 0.717) is 4.47 Å². The van der Waals surface area contributed by atoms with Gasteiger partial charge in [-0.1, -0.05) is 0 Å². The Labute approximate surface area is 98.0 Å². The minimum atomic E-state index is 0.0252. The van der Waals surface area contributed by atoms with E-state index in [4.69, 9.17) is 0 Å². The van der Waals surface area contributed by atoms with Crippen molar-refractivity contribution in [2.45, 2.75) is 6.54 Å². The first-order valence-corrected chi connectivity index (χ1v) is 6.67. The normalized spacial score (nSPS) is 10.4. The van der Waals surface area contributed by atoms with Gasteiger partial charge in [0.2, 0.25) is 0 Å². The smallest absolute Gasteiger partial charge is 0.264 e.